The van der Waals surface area contributed by atoms with Crippen LogP contribution in [-0.2, 0) is 22.3 Å². The monoisotopic (exact) mass is 444 g/mol. The van der Waals surface area contributed by atoms with Crippen LogP contribution in [0.25, 0.3) is 0 Å². The summed E-state index contributed by atoms with van der Waals surface area (Å²) in [5.74, 6) is 0. The van der Waals surface area contributed by atoms with Crippen molar-refractivity contribution in [2.45, 2.75) is 55.2 Å². The molecule has 2 saturated heterocycles. The van der Waals surface area contributed by atoms with E-state index in [1.165, 1.54) is 7.05 Å². The molecular formula is C17H18F6N2O3S. The number of aliphatic hydroxyl groups is 1. The predicted molar refractivity (Wildman–Crippen MR) is 93.2 cm³/mol. The fourth-order valence-corrected chi connectivity index (χ4v) is 4.26. The molecule has 0 bridgehead atoms. The van der Waals surface area contributed by atoms with E-state index in [0.29, 0.717) is 5.17 Å². The van der Waals surface area contributed by atoms with Crippen LogP contribution in [0.1, 0.15) is 17.5 Å². The summed E-state index contributed by atoms with van der Waals surface area (Å²) in [6.45, 7) is -0.556. The Kier molecular flexibility index (Phi) is 6.37. The first-order valence-electron chi connectivity index (χ1n) is 8.57. The normalized spacial score (nSPS) is 30.1. The number of fused-ring (bicyclic) bond motifs is 1. The number of benzene rings is 1. The molecule has 0 amide bonds. The number of hydrogen-bond acceptors (Lipinski definition) is 5. The van der Waals surface area contributed by atoms with Crippen molar-refractivity contribution in [2.24, 2.45) is 4.99 Å². The number of rotatable bonds is 4. The zero-order valence-electron chi connectivity index (χ0n) is 15.0. The predicted octanol–water partition coefficient (Wildman–Crippen LogP) is 3.32. The summed E-state index contributed by atoms with van der Waals surface area (Å²) >= 11 is 1.08. The van der Waals surface area contributed by atoms with Crippen LogP contribution in [0.3, 0.4) is 0 Å². The second-order valence-corrected chi connectivity index (χ2v) is 7.72. The fraction of sp³-hybridized carbons (Fsp3) is 0.588. The maximum Gasteiger partial charge on any atom is 0.417 e. The molecule has 0 spiro atoms. The van der Waals surface area contributed by atoms with Crippen molar-refractivity contribution in [3.8, 4) is 0 Å². The van der Waals surface area contributed by atoms with E-state index in [0.717, 1.165) is 36.0 Å². The van der Waals surface area contributed by atoms with Gasteiger partial charge in [0, 0.05) is 13.5 Å². The molecule has 2 aliphatic rings. The highest BCUT2D eigenvalue weighted by Crippen LogP contribution is 2.39. The number of nitrogens with one attached hydrogen (secondary N) is 1. The number of thioether (sulfide) groups is 1. The Morgan fingerprint density at radius 1 is 1.24 bits per heavy atom. The van der Waals surface area contributed by atoms with E-state index in [1.807, 2.05) is 0 Å². The number of alkyl halides is 6. The number of hydrogen-bond donors (Lipinski definition) is 2. The van der Waals surface area contributed by atoms with Gasteiger partial charge in [0.15, 0.2) is 11.3 Å². The molecular weight excluding hydrogens is 426 g/mol. The Balaban J connectivity index is 1.69. The molecule has 2 fully saturated rings. The Hall–Kier alpha value is -1.50. The van der Waals surface area contributed by atoms with Gasteiger partial charge in [0.2, 0.25) is 0 Å². The largest absolute Gasteiger partial charge is 0.417 e. The van der Waals surface area contributed by atoms with Crippen LogP contribution in [0.4, 0.5) is 26.3 Å². The Morgan fingerprint density at radius 3 is 2.45 bits per heavy atom. The summed E-state index contributed by atoms with van der Waals surface area (Å²) in [6.07, 6.45) is -14.6. The number of aliphatic hydroxyl groups excluding tert-OH is 1. The minimum atomic E-state index is -4.79. The molecule has 1 unspecified atom stereocenters. The van der Waals surface area contributed by atoms with Gasteiger partial charge in [-0.05, 0) is 17.7 Å². The molecule has 0 aromatic heterocycles. The second kappa shape index (κ2) is 8.32. The summed E-state index contributed by atoms with van der Waals surface area (Å²) in [6, 6.07) is 3.09. The molecule has 3 rings (SSSR count). The highest BCUT2D eigenvalue weighted by Gasteiger charge is 2.53. The summed E-state index contributed by atoms with van der Waals surface area (Å²) in [5, 5.41) is 13.6. The Morgan fingerprint density at radius 2 is 1.90 bits per heavy atom. The Bertz CT molecular complexity index is 740. The van der Waals surface area contributed by atoms with E-state index in [2.05, 4.69) is 10.3 Å². The first kappa shape index (κ1) is 22.2. The van der Waals surface area contributed by atoms with Crippen LogP contribution in [0.15, 0.2) is 29.3 Å². The topological polar surface area (TPSA) is 63.1 Å². The van der Waals surface area contributed by atoms with E-state index in [4.69, 9.17) is 9.47 Å². The number of ether oxygens (including phenoxy) is 2. The summed E-state index contributed by atoms with van der Waals surface area (Å²) in [7, 11) is 1.50. The SMILES string of the molecule is CN=C1N[C@H]2[C@H](OC([C@@H](OCc3ccc(C(F)(F)F)cc3)C(F)(F)F)C[C@@H]2O)S1. The third-order valence-electron chi connectivity index (χ3n) is 4.58. The standard InChI is InChI=1S/C17H18F6N2O3S/c1-24-15-25-12-10(26)6-11(28-14(12)29-15)13(17(21,22)23)27-7-8-2-4-9(5-3-8)16(18,19)20/h2-5,10-14,26H,6-7H2,1H3,(H,24,25)/t10-,11?,12+,13+,14+/m0/s1. The van der Waals surface area contributed by atoms with E-state index in [9.17, 15) is 31.4 Å². The van der Waals surface area contributed by atoms with Gasteiger partial charge in [0.05, 0.1) is 30.4 Å². The molecule has 1 aromatic rings. The molecule has 5 atom stereocenters. The summed E-state index contributed by atoms with van der Waals surface area (Å²) in [5.41, 5.74) is -1.52. The maximum absolute atomic E-state index is 13.6. The van der Waals surface area contributed by atoms with E-state index < -0.39 is 54.3 Å². The first-order chi connectivity index (χ1) is 13.5. The van der Waals surface area contributed by atoms with Gasteiger partial charge in [-0.15, -0.1) is 0 Å². The first-order valence-corrected chi connectivity index (χ1v) is 9.45. The number of halogens is 6. The third-order valence-corrected chi connectivity index (χ3v) is 5.74. The number of aliphatic imine (C=N–C) groups is 1. The van der Waals surface area contributed by atoms with Gasteiger partial charge in [-0.2, -0.15) is 26.3 Å². The van der Waals surface area contributed by atoms with Gasteiger partial charge in [-0.3, -0.25) is 4.99 Å². The molecule has 1 aromatic carbocycles. The fourth-order valence-electron chi connectivity index (χ4n) is 3.13. The van der Waals surface area contributed by atoms with Crippen molar-refractivity contribution in [1.29, 1.82) is 0 Å². The molecule has 5 nitrogen and oxygen atoms in total. The Labute approximate surface area is 166 Å². The van der Waals surface area contributed by atoms with Crippen LogP contribution in [0.2, 0.25) is 0 Å². The molecule has 2 aliphatic heterocycles. The van der Waals surface area contributed by atoms with Gasteiger partial charge in [-0.25, -0.2) is 0 Å². The van der Waals surface area contributed by atoms with E-state index in [1.54, 1.807) is 0 Å². The zero-order chi connectivity index (χ0) is 21.4. The molecule has 0 saturated carbocycles. The van der Waals surface area contributed by atoms with Crippen LogP contribution >= 0.6 is 11.8 Å². The average Bonchev–Trinajstić information content (AvgIpc) is 3.04. The zero-order valence-corrected chi connectivity index (χ0v) is 15.8. The van der Waals surface area contributed by atoms with E-state index in [-0.39, 0.29) is 12.0 Å². The van der Waals surface area contributed by atoms with Crippen LogP contribution in [0, 0.1) is 0 Å². The highest BCUT2D eigenvalue weighted by molar-refractivity contribution is 8.14. The van der Waals surface area contributed by atoms with Crippen molar-refractivity contribution in [1.82, 2.24) is 5.32 Å². The summed E-state index contributed by atoms with van der Waals surface area (Å²) < 4.78 is 89.0. The van der Waals surface area contributed by atoms with Crippen LogP contribution in [0.5, 0.6) is 0 Å². The molecule has 0 aliphatic carbocycles. The van der Waals surface area contributed by atoms with Gasteiger partial charge < -0.3 is 19.9 Å². The lowest BCUT2D eigenvalue weighted by atomic mass is 9.97. The molecule has 2 heterocycles. The van der Waals surface area contributed by atoms with Crippen molar-refractivity contribution >= 4 is 16.9 Å². The van der Waals surface area contributed by atoms with Gasteiger partial charge in [0.25, 0.3) is 0 Å². The van der Waals surface area contributed by atoms with E-state index >= 15 is 0 Å². The van der Waals surface area contributed by atoms with Crippen molar-refractivity contribution in [2.75, 3.05) is 7.05 Å². The molecule has 2 N–H and O–H groups in total. The minimum absolute atomic E-state index is 0.152. The number of amidine groups is 1. The van der Waals surface area contributed by atoms with Crippen molar-refractivity contribution in [3.63, 3.8) is 0 Å². The molecule has 29 heavy (non-hydrogen) atoms. The number of nitrogens with zero attached hydrogens (tertiary/aromatic N) is 1. The molecule has 162 valence electrons. The lowest BCUT2D eigenvalue weighted by Gasteiger charge is -2.38. The third kappa shape index (κ3) is 5.16. The molecule has 0 radical (unpaired) electrons. The maximum atomic E-state index is 13.6. The van der Waals surface area contributed by atoms with Crippen LogP contribution in [-0.4, -0.2) is 53.3 Å². The minimum Gasteiger partial charge on any atom is -0.391 e. The quantitative estimate of drug-likeness (QED) is 0.698. The molecule has 12 heteroatoms. The van der Waals surface area contributed by atoms with Crippen molar-refractivity contribution < 1.29 is 40.9 Å². The van der Waals surface area contributed by atoms with Crippen LogP contribution < -0.4 is 5.32 Å². The van der Waals surface area contributed by atoms with Crippen molar-refractivity contribution in [3.05, 3.63) is 35.4 Å². The highest BCUT2D eigenvalue weighted by atomic mass is 32.2. The lowest BCUT2D eigenvalue weighted by molar-refractivity contribution is -0.268. The smallest absolute Gasteiger partial charge is 0.391 e. The second-order valence-electron chi connectivity index (χ2n) is 6.63. The van der Waals surface area contributed by atoms with Gasteiger partial charge >= 0.3 is 12.4 Å². The summed E-state index contributed by atoms with van der Waals surface area (Å²) in [4.78, 5) is 3.91. The van der Waals surface area contributed by atoms with Gasteiger partial charge in [-0.1, -0.05) is 23.9 Å². The lowest BCUT2D eigenvalue weighted by Crippen LogP contribution is -2.56. The van der Waals surface area contributed by atoms with Gasteiger partial charge in [0.1, 0.15) is 5.44 Å². The average molecular weight is 444 g/mol.